The van der Waals surface area contributed by atoms with E-state index >= 15 is 0 Å². The van der Waals surface area contributed by atoms with Crippen LogP contribution in [0.3, 0.4) is 0 Å². The minimum atomic E-state index is 0.00954. The molecule has 0 aliphatic carbocycles. The van der Waals surface area contributed by atoms with Crippen molar-refractivity contribution in [1.82, 2.24) is 4.98 Å². The molecule has 106 valence electrons. The highest BCUT2D eigenvalue weighted by atomic mass is 16.5. The average molecular weight is 278 g/mol. The number of rotatable bonds is 4. The van der Waals surface area contributed by atoms with Gasteiger partial charge in [0.2, 0.25) is 0 Å². The molecule has 1 atom stereocenters. The lowest BCUT2D eigenvalue weighted by Crippen LogP contribution is -2.05. The van der Waals surface area contributed by atoms with Crippen molar-refractivity contribution in [2.24, 2.45) is 5.73 Å². The number of aromatic nitrogens is 1. The second-order valence-corrected chi connectivity index (χ2v) is 5.14. The fourth-order valence-electron chi connectivity index (χ4n) is 2.33. The van der Waals surface area contributed by atoms with Crippen LogP contribution in [-0.4, -0.2) is 4.98 Å². The van der Waals surface area contributed by atoms with Gasteiger partial charge in [0.05, 0.1) is 5.52 Å². The molecule has 0 aliphatic heterocycles. The first-order chi connectivity index (χ1) is 10.2. The number of hydrogen-bond donors (Lipinski definition) is 1. The van der Waals surface area contributed by atoms with Gasteiger partial charge < -0.3 is 10.5 Å². The highest BCUT2D eigenvalue weighted by Gasteiger charge is 2.04. The summed E-state index contributed by atoms with van der Waals surface area (Å²) in [5, 5.41) is 1.13. The molecule has 0 amide bonds. The Morgan fingerprint density at radius 1 is 1.10 bits per heavy atom. The summed E-state index contributed by atoms with van der Waals surface area (Å²) in [6.45, 7) is 2.49. The van der Waals surface area contributed by atoms with Crippen molar-refractivity contribution < 1.29 is 4.74 Å². The molecule has 0 aliphatic rings. The van der Waals surface area contributed by atoms with Crippen molar-refractivity contribution in [1.29, 1.82) is 0 Å². The summed E-state index contributed by atoms with van der Waals surface area (Å²) in [7, 11) is 0. The Bertz CT molecular complexity index is 748. The van der Waals surface area contributed by atoms with Gasteiger partial charge in [-0.05, 0) is 36.8 Å². The monoisotopic (exact) mass is 278 g/mol. The van der Waals surface area contributed by atoms with Gasteiger partial charge in [0.25, 0.3) is 0 Å². The van der Waals surface area contributed by atoms with Crippen LogP contribution in [-0.2, 0) is 6.61 Å². The minimum Gasteiger partial charge on any atom is -0.489 e. The standard InChI is InChI=1S/C18H18N2O/c1-13(19)14-5-4-6-16(11-14)21-12-15-9-10-20-18-8-3-2-7-17(15)18/h2-11,13H,12,19H2,1H3/t13-/m1/s1. The molecule has 21 heavy (non-hydrogen) atoms. The molecule has 0 radical (unpaired) electrons. The highest BCUT2D eigenvalue weighted by Crippen LogP contribution is 2.21. The van der Waals surface area contributed by atoms with Crippen LogP contribution in [0, 0.1) is 0 Å². The van der Waals surface area contributed by atoms with Gasteiger partial charge in [0.15, 0.2) is 0 Å². The molecule has 3 nitrogen and oxygen atoms in total. The summed E-state index contributed by atoms with van der Waals surface area (Å²) in [6.07, 6.45) is 1.82. The molecule has 0 fully saturated rings. The van der Waals surface area contributed by atoms with Gasteiger partial charge >= 0.3 is 0 Å². The van der Waals surface area contributed by atoms with Crippen LogP contribution in [0.5, 0.6) is 5.75 Å². The first-order valence-electron chi connectivity index (χ1n) is 7.05. The van der Waals surface area contributed by atoms with Crippen molar-refractivity contribution in [2.45, 2.75) is 19.6 Å². The number of fused-ring (bicyclic) bond motifs is 1. The molecule has 0 saturated heterocycles. The molecular weight excluding hydrogens is 260 g/mol. The molecule has 2 N–H and O–H groups in total. The average Bonchev–Trinajstić information content (AvgIpc) is 2.53. The lowest BCUT2D eigenvalue weighted by atomic mass is 10.1. The number of ether oxygens (including phenoxy) is 1. The zero-order valence-corrected chi connectivity index (χ0v) is 12.0. The van der Waals surface area contributed by atoms with Crippen molar-refractivity contribution in [3.8, 4) is 5.75 Å². The topological polar surface area (TPSA) is 48.1 Å². The van der Waals surface area contributed by atoms with E-state index in [2.05, 4.69) is 11.1 Å². The molecule has 0 spiro atoms. The summed E-state index contributed by atoms with van der Waals surface area (Å²) in [5.74, 6) is 0.839. The van der Waals surface area contributed by atoms with E-state index in [4.69, 9.17) is 10.5 Å². The molecule has 3 heteroatoms. The summed E-state index contributed by atoms with van der Waals surface area (Å²) < 4.78 is 5.91. The van der Waals surface area contributed by atoms with E-state index in [0.717, 1.165) is 27.8 Å². The number of para-hydroxylation sites is 1. The molecule has 1 heterocycles. The first-order valence-corrected chi connectivity index (χ1v) is 7.05. The van der Waals surface area contributed by atoms with Crippen molar-refractivity contribution in [3.63, 3.8) is 0 Å². The van der Waals surface area contributed by atoms with Crippen LogP contribution < -0.4 is 10.5 Å². The van der Waals surface area contributed by atoms with Gasteiger partial charge in [0.1, 0.15) is 12.4 Å². The molecule has 3 rings (SSSR count). The normalized spacial score (nSPS) is 12.3. The maximum Gasteiger partial charge on any atom is 0.120 e. The largest absolute Gasteiger partial charge is 0.489 e. The van der Waals surface area contributed by atoms with E-state index in [1.807, 2.05) is 61.7 Å². The Morgan fingerprint density at radius 3 is 2.81 bits per heavy atom. The second-order valence-electron chi connectivity index (χ2n) is 5.14. The van der Waals surface area contributed by atoms with E-state index in [1.54, 1.807) is 0 Å². The van der Waals surface area contributed by atoms with E-state index in [9.17, 15) is 0 Å². The predicted octanol–water partition coefficient (Wildman–Crippen LogP) is 3.83. The Kier molecular flexibility index (Phi) is 3.84. The number of benzene rings is 2. The Balaban J connectivity index is 1.82. The number of nitrogens with two attached hydrogens (primary N) is 1. The Labute approximate surface area is 124 Å². The minimum absolute atomic E-state index is 0.00954. The maximum absolute atomic E-state index is 5.91. The van der Waals surface area contributed by atoms with E-state index in [0.29, 0.717) is 6.61 Å². The molecule has 0 unspecified atom stereocenters. The lowest BCUT2D eigenvalue weighted by molar-refractivity contribution is 0.307. The second kappa shape index (κ2) is 5.94. The van der Waals surface area contributed by atoms with Crippen LogP contribution in [0.15, 0.2) is 60.8 Å². The summed E-state index contributed by atoms with van der Waals surface area (Å²) in [4.78, 5) is 4.36. The number of hydrogen-bond acceptors (Lipinski definition) is 3. The SMILES string of the molecule is C[C@@H](N)c1cccc(OCc2ccnc3ccccc23)c1. The van der Waals surface area contributed by atoms with Crippen LogP contribution in [0.2, 0.25) is 0 Å². The lowest BCUT2D eigenvalue weighted by Gasteiger charge is -2.11. The van der Waals surface area contributed by atoms with Gasteiger partial charge in [0, 0.05) is 23.2 Å². The fraction of sp³-hybridized carbons (Fsp3) is 0.167. The van der Waals surface area contributed by atoms with Crippen LogP contribution in [0.1, 0.15) is 24.1 Å². The molecule has 0 saturated carbocycles. The molecule has 3 aromatic rings. The van der Waals surface area contributed by atoms with E-state index in [1.165, 1.54) is 0 Å². The van der Waals surface area contributed by atoms with Gasteiger partial charge in [-0.1, -0.05) is 30.3 Å². The Morgan fingerprint density at radius 2 is 1.95 bits per heavy atom. The predicted molar refractivity (Wildman–Crippen MR) is 85.1 cm³/mol. The van der Waals surface area contributed by atoms with Gasteiger partial charge in [-0.3, -0.25) is 4.98 Å². The van der Waals surface area contributed by atoms with Gasteiger partial charge in [-0.15, -0.1) is 0 Å². The summed E-state index contributed by atoms with van der Waals surface area (Å²) in [5.41, 5.74) is 9.10. The number of nitrogens with zero attached hydrogens (tertiary/aromatic N) is 1. The zero-order valence-electron chi connectivity index (χ0n) is 12.0. The summed E-state index contributed by atoms with van der Waals surface area (Å²) >= 11 is 0. The maximum atomic E-state index is 5.91. The van der Waals surface area contributed by atoms with Gasteiger partial charge in [-0.25, -0.2) is 0 Å². The number of pyridine rings is 1. The van der Waals surface area contributed by atoms with Crippen LogP contribution >= 0.6 is 0 Å². The molecule has 2 aromatic carbocycles. The first kappa shape index (κ1) is 13.6. The third-order valence-electron chi connectivity index (χ3n) is 3.52. The quantitative estimate of drug-likeness (QED) is 0.789. The van der Waals surface area contributed by atoms with Crippen LogP contribution in [0.25, 0.3) is 10.9 Å². The van der Waals surface area contributed by atoms with Crippen LogP contribution in [0.4, 0.5) is 0 Å². The Hall–Kier alpha value is -2.39. The highest BCUT2D eigenvalue weighted by molar-refractivity contribution is 5.81. The molecule has 0 bridgehead atoms. The van der Waals surface area contributed by atoms with E-state index in [-0.39, 0.29) is 6.04 Å². The smallest absolute Gasteiger partial charge is 0.120 e. The molecular formula is C18H18N2O. The van der Waals surface area contributed by atoms with Gasteiger partial charge in [-0.2, -0.15) is 0 Å². The third kappa shape index (κ3) is 3.03. The third-order valence-corrected chi connectivity index (χ3v) is 3.52. The van der Waals surface area contributed by atoms with E-state index < -0.39 is 0 Å². The molecule has 1 aromatic heterocycles. The van der Waals surface area contributed by atoms with Crippen molar-refractivity contribution >= 4 is 10.9 Å². The van der Waals surface area contributed by atoms with Crippen molar-refractivity contribution in [2.75, 3.05) is 0 Å². The zero-order chi connectivity index (χ0) is 14.7. The van der Waals surface area contributed by atoms with Crippen molar-refractivity contribution in [3.05, 3.63) is 71.9 Å². The summed E-state index contributed by atoms with van der Waals surface area (Å²) in [6, 6.07) is 18.0. The fourth-order valence-corrected chi connectivity index (χ4v) is 2.33.